The van der Waals surface area contributed by atoms with Crippen LogP contribution in [0.1, 0.15) is 18.1 Å². The number of carbonyl (C=O) groups excluding carboxylic acids is 1. The van der Waals surface area contributed by atoms with Gasteiger partial charge in [-0.1, -0.05) is 18.2 Å². The highest BCUT2D eigenvalue weighted by Crippen LogP contribution is 2.37. The molecule has 0 saturated carbocycles. The lowest BCUT2D eigenvalue weighted by Crippen LogP contribution is -2.36. The molecule has 0 spiro atoms. The summed E-state index contributed by atoms with van der Waals surface area (Å²) >= 11 is 0.866. The van der Waals surface area contributed by atoms with E-state index in [0.717, 1.165) is 35.1 Å². The number of hydrogen-bond acceptors (Lipinski definition) is 4. The number of nitro groups is 1. The van der Waals surface area contributed by atoms with E-state index in [-0.39, 0.29) is 22.6 Å². The third kappa shape index (κ3) is 3.92. The van der Waals surface area contributed by atoms with Crippen molar-refractivity contribution in [2.24, 2.45) is 0 Å². The predicted molar refractivity (Wildman–Crippen MR) is 95.9 cm³/mol. The first-order valence-electron chi connectivity index (χ1n) is 8.07. The minimum absolute atomic E-state index is 0.0292. The Bertz CT molecular complexity index is 902. The minimum atomic E-state index is -4.67. The number of anilines is 1. The number of hydrogen-bond donors (Lipinski definition) is 0. The van der Waals surface area contributed by atoms with Crippen molar-refractivity contribution in [3.05, 3.63) is 63.7 Å². The molecule has 142 valence electrons. The Balaban J connectivity index is 1.79. The van der Waals surface area contributed by atoms with Crippen molar-refractivity contribution in [3.8, 4) is 0 Å². The minimum Gasteiger partial charge on any atom is -0.308 e. The molecule has 0 radical (unpaired) electrons. The van der Waals surface area contributed by atoms with Gasteiger partial charge in [0.25, 0.3) is 5.69 Å². The number of nitro benzene ring substituents is 1. The topological polar surface area (TPSA) is 63.5 Å². The van der Waals surface area contributed by atoms with Crippen LogP contribution in [0.4, 0.5) is 24.5 Å². The monoisotopic (exact) mass is 396 g/mol. The van der Waals surface area contributed by atoms with Crippen LogP contribution in [0.2, 0.25) is 0 Å². The predicted octanol–water partition coefficient (Wildman–Crippen LogP) is 4.68. The van der Waals surface area contributed by atoms with E-state index in [9.17, 15) is 28.1 Å². The molecule has 0 aliphatic carbocycles. The molecule has 9 heteroatoms. The van der Waals surface area contributed by atoms with E-state index in [4.69, 9.17) is 0 Å². The number of halogens is 3. The molecular weight excluding hydrogens is 381 g/mol. The molecular formula is C18H15F3N2O3S. The van der Waals surface area contributed by atoms with Crippen molar-refractivity contribution >= 4 is 29.0 Å². The van der Waals surface area contributed by atoms with E-state index in [1.807, 2.05) is 31.2 Å². The van der Waals surface area contributed by atoms with Gasteiger partial charge >= 0.3 is 6.18 Å². The van der Waals surface area contributed by atoms with Gasteiger partial charge in [0, 0.05) is 17.8 Å². The SMILES string of the molecule is CC1Cc2ccccc2N1C(=O)CSc1ccc(C(F)(F)F)cc1[N+](=O)[O-]. The van der Waals surface area contributed by atoms with E-state index in [1.165, 1.54) is 0 Å². The van der Waals surface area contributed by atoms with E-state index >= 15 is 0 Å². The highest BCUT2D eigenvalue weighted by molar-refractivity contribution is 8.00. The number of para-hydroxylation sites is 1. The van der Waals surface area contributed by atoms with Crippen molar-refractivity contribution in [3.63, 3.8) is 0 Å². The number of rotatable bonds is 4. The normalized spacial score (nSPS) is 16.3. The Morgan fingerprint density at radius 2 is 2.00 bits per heavy atom. The Kier molecular flexibility index (Phi) is 5.14. The Labute approximate surface area is 157 Å². The fourth-order valence-corrected chi connectivity index (χ4v) is 3.98. The van der Waals surface area contributed by atoms with Gasteiger partial charge in [-0.2, -0.15) is 13.2 Å². The second kappa shape index (κ2) is 7.22. The summed E-state index contributed by atoms with van der Waals surface area (Å²) in [6, 6.07) is 9.77. The second-order valence-corrected chi connectivity index (χ2v) is 7.19. The molecule has 2 aromatic rings. The summed E-state index contributed by atoms with van der Waals surface area (Å²) in [4.78, 5) is 24.6. The Hall–Kier alpha value is -2.55. The molecule has 27 heavy (non-hydrogen) atoms. The van der Waals surface area contributed by atoms with Gasteiger partial charge < -0.3 is 4.90 Å². The van der Waals surface area contributed by atoms with Gasteiger partial charge in [-0.05, 0) is 37.1 Å². The van der Waals surface area contributed by atoms with Crippen molar-refractivity contribution in [1.29, 1.82) is 0 Å². The smallest absolute Gasteiger partial charge is 0.308 e. The third-order valence-electron chi connectivity index (χ3n) is 4.31. The summed E-state index contributed by atoms with van der Waals surface area (Å²) in [5.74, 6) is -0.350. The van der Waals surface area contributed by atoms with E-state index < -0.39 is 22.4 Å². The van der Waals surface area contributed by atoms with Crippen LogP contribution in [0.25, 0.3) is 0 Å². The van der Waals surface area contributed by atoms with Gasteiger partial charge in [0.1, 0.15) is 0 Å². The van der Waals surface area contributed by atoms with Crippen molar-refractivity contribution in [2.45, 2.75) is 30.5 Å². The quantitative estimate of drug-likeness (QED) is 0.428. The maximum Gasteiger partial charge on any atom is 0.416 e. The second-order valence-electron chi connectivity index (χ2n) is 6.17. The molecule has 3 rings (SSSR count). The first-order chi connectivity index (χ1) is 12.7. The van der Waals surface area contributed by atoms with Crippen LogP contribution in [0.15, 0.2) is 47.4 Å². The molecule has 1 heterocycles. The molecule has 0 fully saturated rings. The van der Waals surface area contributed by atoms with Crippen LogP contribution in [-0.2, 0) is 17.4 Å². The van der Waals surface area contributed by atoms with Gasteiger partial charge in [-0.3, -0.25) is 14.9 Å². The third-order valence-corrected chi connectivity index (χ3v) is 5.36. The zero-order valence-electron chi connectivity index (χ0n) is 14.2. The van der Waals surface area contributed by atoms with E-state index in [2.05, 4.69) is 0 Å². The molecule has 1 aliphatic heterocycles. The zero-order valence-corrected chi connectivity index (χ0v) is 15.0. The maximum atomic E-state index is 12.8. The molecule has 1 unspecified atom stereocenters. The number of carbonyl (C=O) groups is 1. The van der Waals surface area contributed by atoms with Gasteiger partial charge in [-0.25, -0.2) is 0 Å². The van der Waals surface area contributed by atoms with Crippen LogP contribution < -0.4 is 4.90 Å². The molecule has 0 aromatic heterocycles. The number of nitrogens with zero attached hydrogens (tertiary/aromatic N) is 2. The van der Waals surface area contributed by atoms with Crippen LogP contribution in [0, 0.1) is 10.1 Å². The van der Waals surface area contributed by atoms with E-state index in [1.54, 1.807) is 4.90 Å². The molecule has 1 aliphatic rings. The zero-order chi connectivity index (χ0) is 19.8. The van der Waals surface area contributed by atoms with Gasteiger partial charge in [-0.15, -0.1) is 11.8 Å². The van der Waals surface area contributed by atoms with Crippen LogP contribution in [0.5, 0.6) is 0 Å². The largest absolute Gasteiger partial charge is 0.416 e. The standard InChI is InChI=1S/C18H15F3N2O3S/c1-11-8-12-4-2-3-5-14(12)22(11)17(24)10-27-16-7-6-13(18(19,20)21)9-15(16)23(25)26/h2-7,9,11H,8,10H2,1H3. The Morgan fingerprint density at radius 3 is 2.67 bits per heavy atom. The fraction of sp³-hybridized carbons (Fsp3) is 0.278. The molecule has 1 amide bonds. The average Bonchev–Trinajstić information content (AvgIpc) is 2.94. The summed E-state index contributed by atoms with van der Waals surface area (Å²) in [6.07, 6.45) is -3.95. The van der Waals surface area contributed by atoms with Crippen molar-refractivity contribution in [1.82, 2.24) is 0 Å². The number of fused-ring (bicyclic) bond motifs is 1. The molecule has 1 atom stereocenters. The van der Waals surface area contributed by atoms with Crippen molar-refractivity contribution in [2.75, 3.05) is 10.7 Å². The summed E-state index contributed by atoms with van der Waals surface area (Å²) in [5.41, 5.74) is 0.103. The first-order valence-corrected chi connectivity index (χ1v) is 9.05. The highest BCUT2D eigenvalue weighted by atomic mass is 32.2. The fourth-order valence-electron chi connectivity index (χ4n) is 3.11. The summed E-state index contributed by atoms with van der Waals surface area (Å²) in [6.45, 7) is 1.91. The number of thioether (sulfide) groups is 1. The first kappa shape index (κ1) is 19.2. The number of benzene rings is 2. The van der Waals surface area contributed by atoms with E-state index in [0.29, 0.717) is 12.5 Å². The lowest BCUT2D eigenvalue weighted by molar-refractivity contribution is -0.388. The van der Waals surface area contributed by atoms with Gasteiger partial charge in [0.2, 0.25) is 5.91 Å². The molecule has 0 N–H and O–H groups in total. The molecule has 5 nitrogen and oxygen atoms in total. The lowest BCUT2D eigenvalue weighted by Gasteiger charge is -2.22. The summed E-state index contributed by atoms with van der Waals surface area (Å²) < 4.78 is 38.3. The van der Waals surface area contributed by atoms with Crippen LogP contribution in [0.3, 0.4) is 0 Å². The van der Waals surface area contributed by atoms with Gasteiger partial charge in [0.15, 0.2) is 0 Å². The Morgan fingerprint density at radius 1 is 1.30 bits per heavy atom. The highest BCUT2D eigenvalue weighted by Gasteiger charge is 2.34. The molecule has 2 aromatic carbocycles. The number of amides is 1. The molecule has 0 saturated heterocycles. The lowest BCUT2D eigenvalue weighted by atomic mass is 10.1. The summed E-state index contributed by atoms with van der Waals surface area (Å²) in [7, 11) is 0. The van der Waals surface area contributed by atoms with Crippen LogP contribution in [-0.4, -0.2) is 22.6 Å². The van der Waals surface area contributed by atoms with Crippen molar-refractivity contribution < 1.29 is 22.9 Å². The number of alkyl halides is 3. The average molecular weight is 396 g/mol. The summed E-state index contributed by atoms with van der Waals surface area (Å²) in [5, 5.41) is 11.1. The van der Waals surface area contributed by atoms with Gasteiger partial charge in [0.05, 0.1) is 21.1 Å². The maximum absolute atomic E-state index is 12.8. The van der Waals surface area contributed by atoms with Crippen LogP contribution >= 0.6 is 11.8 Å². The molecule has 0 bridgehead atoms.